The van der Waals surface area contributed by atoms with Gasteiger partial charge in [-0.25, -0.2) is 16.8 Å². The molecule has 0 radical (unpaired) electrons. The predicted molar refractivity (Wildman–Crippen MR) is 141 cm³/mol. The third-order valence-corrected chi connectivity index (χ3v) is 10.2. The van der Waals surface area contributed by atoms with Gasteiger partial charge in [0.1, 0.15) is 37.4 Å². The minimum atomic E-state index is -4.71. The van der Waals surface area contributed by atoms with Crippen molar-refractivity contribution in [3.63, 3.8) is 0 Å². The predicted octanol–water partition coefficient (Wildman–Crippen LogP) is 4.47. The van der Waals surface area contributed by atoms with Crippen molar-refractivity contribution in [3.05, 3.63) is 69.8 Å². The monoisotopic (exact) mass is 628 g/mol. The molecule has 0 aliphatic carbocycles. The van der Waals surface area contributed by atoms with E-state index >= 15 is 0 Å². The summed E-state index contributed by atoms with van der Waals surface area (Å²) in [7, 11) is -9.34. The van der Waals surface area contributed by atoms with Gasteiger partial charge >= 0.3 is 0 Å². The summed E-state index contributed by atoms with van der Waals surface area (Å²) in [6.07, 6.45) is 1.53. The Kier molecular flexibility index (Phi) is 6.64. The van der Waals surface area contributed by atoms with Gasteiger partial charge in [-0.2, -0.15) is 0 Å². The summed E-state index contributed by atoms with van der Waals surface area (Å²) in [6, 6.07) is 14.7. The van der Waals surface area contributed by atoms with Gasteiger partial charge in [-0.1, -0.05) is 48.2 Å². The fourth-order valence-corrected chi connectivity index (χ4v) is 8.96. The fourth-order valence-electron chi connectivity index (χ4n) is 4.05. The molecule has 1 aromatic heterocycles. The number of rotatable bonds is 6. The molecule has 3 aromatic rings. The normalized spacial score (nSPS) is 18.4. The van der Waals surface area contributed by atoms with Gasteiger partial charge in [-0.15, -0.1) is 11.3 Å². The number of fused-ring (bicyclic) bond motifs is 2. The lowest BCUT2D eigenvalue weighted by atomic mass is 10.0. The Hall–Kier alpha value is -2.07. The van der Waals surface area contributed by atoms with E-state index in [1.54, 1.807) is 12.1 Å². The first-order chi connectivity index (χ1) is 16.9. The van der Waals surface area contributed by atoms with E-state index in [4.69, 9.17) is 4.74 Å². The lowest BCUT2D eigenvalue weighted by molar-refractivity contribution is 0.431. The van der Waals surface area contributed by atoms with Crippen LogP contribution in [0.5, 0.6) is 5.75 Å². The van der Waals surface area contributed by atoms with Crippen molar-refractivity contribution in [3.8, 4) is 16.9 Å². The van der Waals surface area contributed by atoms with Crippen LogP contribution in [-0.2, 0) is 20.2 Å². The van der Waals surface area contributed by atoms with E-state index in [1.807, 2.05) is 43.3 Å². The lowest BCUT2D eigenvalue weighted by Gasteiger charge is -2.27. The molecule has 9 nitrogen and oxygen atoms in total. The number of hydrogen-bond donors (Lipinski definition) is 0. The van der Waals surface area contributed by atoms with Gasteiger partial charge in [0.25, 0.3) is 0 Å². The Morgan fingerprint density at radius 1 is 1.03 bits per heavy atom. The lowest BCUT2D eigenvalue weighted by Crippen LogP contribution is -2.35. The third-order valence-electron chi connectivity index (χ3n) is 5.55. The molecular formula is C22H17BrN2O7S4-2. The minimum Gasteiger partial charge on any atom is -0.747 e. The van der Waals surface area contributed by atoms with Crippen molar-refractivity contribution in [2.75, 3.05) is 21.6 Å². The van der Waals surface area contributed by atoms with Crippen molar-refractivity contribution in [2.24, 2.45) is 0 Å². The molecule has 14 heteroatoms. The molecule has 1 unspecified atom stereocenters. The highest BCUT2D eigenvalue weighted by Crippen LogP contribution is 2.54. The van der Waals surface area contributed by atoms with Crippen LogP contribution in [0.25, 0.3) is 11.1 Å². The number of nitrogens with zero attached hydrogens (tertiary/aromatic N) is 2. The third kappa shape index (κ3) is 5.16. The Morgan fingerprint density at radius 2 is 1.72 bits per heavy atom. The van der Waals surface area contributed by atoms with Gasteiger partial charge in [0, 0.05) is 6.08 Å². The average molecular weight is 630 g/mol. The standard InChI is InChI=1S/C22H19BrN2O7S4/c1-13-20-22(34-21(13)23)33-19(25(20)12-36(29,30)31)10-18-24(11-35(26,27)28)16-9-15(7-8-17(16)32-18)14-5-3-2-4-6-14/h2-10,19H,11-12H2,1H3,(H,26,27,28)(H,29,30,31)/p-2. The first kappa shape index (κ1) is 25.6. The molecule has 0 spiro atoms. The SMILES string of the molecule is Cc1c(Br)sc2c1N(CS(=O)(=O)[O-])C(C=C1Oc3ccc(-c4ccccc4)cc3N1CS(=O)(=O)[O-])S2. The van der Waals surface area contributed by atoms with Crippen LogP contribution in [0.3, 0.4) is 0 Å². The van der Waals surface area contributed by atoms with Crippen LogP contribution in [0, 0.1) is 6.92 Å². The zero-order valence-corrected chi connectivity index (χ0v) is 23.3. The number of anilines is 2. The average Bonchev–Trinajstić information content (AvgIpc) is 3.38. The molecule has 2 aliphatic heterocycles. The molecule has 2 aliphatic rings. The van der Waals surface area contributed by atoms with Crippen molar-refractivity contribution < 1.29 is 30.7 Å². The van der Waals surface area contributed by atoms with E-state index in [2.05, 4.69) is 15.9 Å². The molecule has 190 valence electrons. The van der Waals surface area contributed by atoms with Crippen molar-refractivity contribution in [1.29, 1.82) is 0 Å². The quantitative estimate of drug-likeness (QED) is 0.360. The number of ether oxygens (including phenoxy) is 1. The van der Waals surface area contributed by atoms with Gasteiger partial charge < -0.3 is 18.7 Å². The summed E-state index contributed by atoms with van der Waals surface area (Å²) in [5, 5.41) is -0.684. The summed E-state index contributed by atoms with van der Waals surface area (Å²) >= 11 is 6.16. The molecule has 1 atom stereocenters. The van der Waals surface area contributed by atoms with Crippen molar-refractivity contribution in [2.45, 2.75) is 16.5 Å². The van der Waals surface area contributed by atoms with Crippen molar-refractivity contribution in [1.82, 2.24) is 0 Å². The second-order valence-corrected chi connectivity index (χ2v) is 14.5. The van der Waals surface area contributed by atoms with Crippen LogP contribution in [0.1, 0.15) is 5.56 Å². The van der Waals surface area contributed by atoms with E-state index in [-0.39, 0.29) is 5.88 Å². The number of thiophene rings is 1. The molecular weight excluding hydrogens is 612 g/mol. The molecule has 0 saturated heterocycles. The van der Waals surface area contributed by atoms with Crippen LogP contribution < -0.4 is 14.5 Å². The maximum absolute atomic E-state index is 11.8. The van der Waals surface area contributed by atoms with E-state index < -0.39 is 37.4 Å². The maximum atomic E-state index is 11.8. The Labute approximate surface area is 225 Å². The van der Waals surface area contributed by atoms with E-state index in [0.717, 1.165) is 24.7 Å². The maximum Gasteiger partial charge on any atom is 0.200 e. The largest absolute Gasteiger partial charge is 0.747 e. The van der Waals surface area contributed by atoms with Gasteiger partial charge in [-0.05, 0) is 51.7 Å². The zero-order valence-electron chi connectivity index (χ0n) is 18.5. The topological polar surface area (TPSA) is 130 Å². The van der Waals surface area contributed by atoms with Gasteiger partial charge in [0.2, 0.25) is 0 Å². The van der Waals surface area contributed by atoms with Gasteiger partial charge in [0.15, 0.2) is 11.6 Å². The van der Waals surface area contributed by atoms with Crippen LogP contribution in [0.4, 0.5) is 11.4 Å². The number of thioether (sulfide) groups is 1. The molecule has 0 fully saturated rings. The molecule has 0 N–H and O–H groups in total. The van der Waals surface area contributed by atoms with Gasteiger partial charge in [0.05, 0.1) is 19.4 Å². The minimum absolute atomic E-state index is 0.0623. The molecule has 3 heterocycles. The van der Waals surface area contributed by atoms with Crippen LogP contribution in [-0.4, -0.2) is 43.1 Å². The molecule has 0 amide bonds. The molecule has 0 bridgehead atoms. The van der Waals surface area contributed by atoms with E-state index in [0.29, 0.717) is 17.1 Å². The van der Waals surface area contributed by atoms with Crippen molar-refractivity contribution >= 4 is 70.6 Å². The number of benzene rings is 2. The first-order valence-corrected chi connectivity index (χ1v) is 16.0. The summed E-state index contributed by atoms with van der Waals surface area (Å²) < 4.78 is 78.0. The first-order valence-electron chi connectivity index (χ1n) is 10.4. The number of hydrogen-bond acceptors (Lipinski definition) is 11. The molecule has 36 heavy (non-hydrogen) atoms. The summed E-state index contributed by atoms with van der Waals surface area (Å²) in [5.41, 5.74) is 3.48. The number of halogens is 1. The Bertz CT molecular complexity index is 1590. The zero-order chi connectivity index (χ0) is 25.8. The molecule has 2 aromatic carbocycles. The summed E-state index contributed by atoms with van der Waals surface area (Å²) in [5.74, 6) is -1.25. The van der Waals surface area contributed by atoms with E-state index in [1.165, 1.54) is 39.0 Å². The molecule has 0 saturated carbocycles. The highest BCUT2D eigenvalue weighted by Gasteiger charge is 2.37. The van der Waals surface area contributed by atoms with Crippen LogP contribution in [0.15, 0.2) is 68.5 Å². The second kappa shape index (κ2) is 9.35. The van der Waals surface area contributed by atoms with Crippen LogP contribution in [0.2, 0.25) is 0 Å². The highest BCUT2D eigenvalue weighted by molar-refractivity contribution is 9.11. The Morgan fingerprint density at radius 3 is 2.39 bits per heavy atom. The second-order valence-electron chi connectivity index (χ2n) is 8.07. The summed E-state index contributed by atoms with van der Waals surface area (Å²) in [6.45, 7) is 1.81. The van der Waals surface area contributed by atoms with Gasteiger partial charge in [-0.3, -0.25) is 4.90 Å². The highest BCUT2D eigenvalue weighted by atomic mass is 79.9. The smallest absolute Gasteiger partial charge is 0.200 e. The summed E-state index contributed by atoms with van der Waals surface area (Å²) in [4.78, 5) is 2.70. The van der Waals surface area contributed by atoms with Crippen LogP contribution >= 0.6 is 39.0 Å². The molecule has 5 rings (SSSR count). The van der Waals surface area contributed by atoms with E-state index in [9.17, 15) is 25.9 Å². The fraction of sp³-hybridized carbons (Fsp3) is 0.182. The Balaban J connectivity index is 1.56.